The number of furan rings is 1. The molecule has 3 nitrogen and oxygen atoms in total. The van der Waals surface area contributed by atoms with Crippen LogP contribution < -0.4 is 5.32 Å². The zero-order valence-electron chi connectivity index (χ0n) is 15.3. The van der Waals surface area contributed by atoms with Crippen LogP contribution >= 0.6 is 23.4 Å². The highest BCUT2D eigenvalue weighted by atomic mass is 35.5. The summed E-state index contributed by atoms with van der Waals surface area (Å²) >= 11 is 7.66. The van der Waals surface area contributed by atoms with Crippen molar-refractivity contribution in [2.24, 2.45) is 11.8 Å². The van der Waals surface area contributed by atoms with Crippen molar-refractivity contribution in [3.05, 3.63) is 58.5 Å². The van der Waals surface area contributed by atoms with Crippen molar-refractivity contribution in [2.45, 2.75) is 50.7 Å². The molecule has 1 N–H and O–H groups in total. The number of nitrogens with one attached hydrogen (secondary N) is 1. The van der Waals surface area contributed by atoms with Crippen molar-refractivity contribution in [1.82, 2.24) is 5.32 Å². The maximum absolute atomic E-state index is 12.5. The zero-order valence-corrected chi connectivity index (χ0v) is 16.9. The van der Waals surface area contributed by atoms with Gasteiger partial charge in [-0.3, -0.25) is 4.79 Å². The van der Waals surface area contributed by atoms with Gasteiger partial charge in [0.25, 0.3) is 5.91 Å². The molecule has 0 saturated heterocycles. The highest BCUT2D eigenvalue weighted by molar-refractivity contribution is 7.97. The standard InChI is InChI=1S/C21H26ClNO2S/c1-14-4-3-5-19(15(14)2)23-21(24)20-11-10-18(25-20)13-26-12-16-6-8-17(22)9-7-16/h6-11,14-15,19H,3-5,12-13H2,1-2H3,(H,23,24)/t14-,15+,19+/m1/s1. The van der Waals surface area contributed by atoms with E-state index in [1.165, 1.54) is 18.4 Å². The van der Waals surface area contributed by atoms with Crippen LogP contribution in [0.2, 0.25) is 5.02 Å². The Bertz CT molecular complexity index is 728. The highest BCUT2D eigenvalue weighted by Crippen LogP contribution is 2.29. The minimum Gasteiger partial charge on any atom is -0.455 e. The van der Waals surface area contributed by atoms with E-state index in [1.54, 1.807) is 17.8 Å². The van der Waals surface area contributed by atoms with E-state index in [0.29, 0.717) is 17.6 Å². The number of hydrogen-bond acceptors (Lipinski definition) is 3. The van der Waals surface area contributed by atoms with Gasteiger partial charge in [-0.25, -0.2) is 0 Å². The molecule has 1 heterocycles. The molecule has 1 fully saturated rings. The average Bonchev–Trinajstić information content (AvgIpc) is 3.10. The van der Waals surface area contributed by atoms with E-state index in [9.17, 15) is 4.79 Å². The van der Waals surface area contributed by atoms with Crippen molar-refractivity contribution in [1.29, 1.82) is 0 Å². The molecule has 0 bridgehead atoms. The normalized spacial score (nSPS) is 23.0. The fourth-order valence-corrected chi connectivity index (χ4v) is 4.47. The molecule has 0 radical (unpaired) electrons. The van der Waals surface area contributed by atoms with E-state index in [2.05, 4.69) is 19.2 Å². The van der Waals surface area contributed by atoms with Gasteiger partial charge in [-0.2, -0.15) is 0 Å². The van der Waals surface area contributed by atoms with E-state index < -0.39 is 0 Å². The largest absolute Gasteiger partial charge is 0.455 e. The molecule has 1 aromatic carbocycles. The van der Waals surface area contributed by atoms with Crippen LogP contribution in [-0.2, 0) is 11.5 Å². The monoisotopic (exact) mass is 391 g/mol. The van der Waals surface area contributed by atoms with E-state index in [0.717, 1.165) is 28.7 Å². The number of thioether (sulfide) groups is 1. The van der Waals surface area contributed by atoms with Crippen molar-refractivity contribution >= 4 is 29.3 Å². The second-order valence-electron chi connectivity index (χ2n) is 7.23. The molecular formula is C21H26ClNO2S. The number of benzene rings is 1. The van der Waals surface area contributed by atoms with E-state index in [-0.39, 0.29) is 11.9 Å². The lowest BCUT2D eigenvalue weighted by atomic mass is 9.78. The summed E-state index contributed by atoms with van der Waals surface area (Å²) in [6.45, 7) is 4.50. The summed E-state index contributed by atoms with van der Waals surface area (Å²) in [6.07, 6.45) is 3.49. The van der Waals surface area contributed by atoms with Crippen LogP contribution in [0.3, 0.4) is 0 Å². The molecule has 0 spiro atoms. The van der Waals surface area contributed by atoms with E-state index in [4.69, 9.17) is 16.0 Å². The van der Waals surface area contributed by atoms with Gasteiger partial charge in [0.05, 0.1) is 5.75 Å². The number of hydrogen-bond donors (Lipinski definition) is 1. The average molecular weight is 392 g/mol. The fraction of sp³-hybridized carbons (Fsp3) is 0.476. The lowest BCUT2D eigenvalue weighted by Crippen LogP contribution is -2.43. The van der Waals surface area contributed by atoms with Crippen LogP contribution in [0.15, 0.2) is 40.8 Å². The number of halogens is 1. The summed E-state index contributed by atoms with van der Waals surface area (Å²) < 4.78 is 5.75. The van der Waals surface area contributed by atoms with Crippen LogP contribution in [0.5, 0.6) is 0 Å². The minimum absolute atomic E-state index is 0.0927. The maximum atomic E-state index is 12.5. The summed E-state index contributed by atoms with van der Waals surface area (Å²) in [5, 5.41) is 3.92. The van der Waals surface area contributed by atoms with Crippen molar-refractivity contribution in [2.75, 3.05) is 0 Å². The first kappa shape index (κ1) is 19.4. The number of carbonyl (C=O) groups is 1. The molecule has 1 amide bonds. The summed E-state index contributed by atoms with van der Waals surface area (Å²) in [4.78, 5) is 12.5. The topological polar surface area (TPSA) is 42.2 Å². The number of carbonyl (C=O) groups excluding carboxylic acids is 1. The first-order chi connectivity index (χ1) is 12.5. The fourth-order valence-electron chi connectivity index (χ4n) is 3.45. The first-order valence-electron chi connectivity index (χ1n) is 9.24. The smallest absolute Gasteiger partial charge is 0.287 e. The van der Waals surface area contributed by atoms with Gasteiger partial charge in [0.15, 0.2) is 5.76 Å². The maximum Gasteiger partial charge on any atom is 0.287 e. The summed E-state index contributed by atoms with van der Waals surface area (Å²) in [5.41, 5.74) is 1.23. The van der Waals surface area contributed by atoms with Gasteiger partial charge in [-0.1, -0.05) is 50.4 Å². The molecule has 3 rings (SSSR count). The molecule has 1 aliphatic carbocycles. The van der Waals surface area contributed by atoms with E-state index >= 15 is 0 Å². The molecule has 26 heavy (non-hydrogen) atoms. The SMILES string of the molecule is C[C@H]1[C@H](C)CCC[C@@H]1NC(=O)c1ccc(CSCc2ccc(Cl)cc2)o1. The Labute approximate surface area is 164 Å². The van der Waals surface area contributed by atoms with Crippen molar-refractivity contribution in [3.8, 4) is 0 Å². The predicted octanol–water partition coefficient (Wildman–Crippen LogP) is 5.92. The molecule has 3 atom stereocenters. The van der Waals surface area contributed by atoms with Gasteiger partial charge in [0, 0.05) is 16.8 Å². The summed E-state index contributed by atoms with van der Waals surface area (Å²) in [5.74, 6) is 3.95. The lowest BCUT2D eigenvalue weighted by Gasteiger charge is -2.34. The minimum atomic E-state index is -0.0927. The third-order valence-corrected chi connectivity index (χ3v) is 6.61. The van der Waals surface area contributed by atoms with Crippen LogP contribution in [0.4, 0.5) is 0 Å². The summed E-state index contributed by atoms with van der Waals surface area (Å²) in [6, 6.07) is 11.8. The molecule has 1 aromatic heterocycles. The van der Waals surface area contributed by atoms with Gasteiger partial charge < -0.3 is 9.73 Å². The Balaban J connectivity index is 1.49. The number of rotatable bonds is 6. The second-order valence-corrected chi connectivity index (χ2v) is 8.65. The molecule has 1 saturated carbocycles. The Morgan fingerprint density at radius 2 is 1.92 bits per heavy atom. The van der Waals surface area contributed by atoms with Crippen LogP contribution in [0, 0.1) is 11.8 Å². The second kappa shape index (κ2) is 9.01. The summed E-state index contributed by atoms with van der Waals surface area (Å²) in [7, 11) is 0. The molecule has 0 unspecified atom stereocenters. The van der Waals surface area contributed by atoms with Gasteiger partial charge in [0.2, 0.25) is 0 Å². The molecule has 140 valence electrons. The highest BCUT2D eigenvalue weighted by Gasteiger charge is 2.29. The Kier molecular flexibility index (Phi) is 6.71. The van der Waals surface area contributed by atoms with E-state index in [1.807, 2.05) is 30.3 Å². The molecule has 2 aromatic rings. The molecular weight excluding hydrogens is 366 g/mol. The predicted molar refractivity (Wildman–Crippen MR) is 109 cm³/mol. The molecule has 0 aliphatic heterocycles. The third-order valence-electron chi connectivity index (χ3n) is 5.34. The lowest BCUT2D eigenvalue weighted by molar-refractivity contribution is 0.0861. The van der Waals surface area contributed by atoms with Crippen LogP contribution in [0.25, 0.3) is 0 Å². The third kappa shape index (κ3) is 5.08. The Morgan fingerprint density at radius 3 is 2.69 bits per heavy atom. The van der Waals surface area contributed by atoms with Crippen molar-refractivity contribution < 1.29 is 9.21 Å². The quantitative estimate of drug-likeness (QED) is 0.664. The zero-order chi connectivity index (χ0) is 18.5. The molecule has 5 heteroatoms. The Morgan fingerprint density at radius 1 is 1.15 bits per heavy atom. The van der Waals surface area contributed by atoms with Gasteiger partial charge in [-0.15, -0.1) is 11.8 Å². The van der Waals surface area contributed by atoms with Gasteiger partial charge in [-0.05, 0) is 48.1 Å². The van der Waals surface area contributed by atoms with Gasteiger partial charge in [0.1, 0.15) is 5.76 Å². The van der Waals surface area contributed by atoms with Crippen LogP contribution in [0.1, 0.15) is 55.0 Å². The molecule has 1 aliphatic rings. The van der Waals surface area contributed by atoms with Crippen molar-refractivity contribution in [3.63, 3.8) is 0 Å². The number of amides is 1. The van der Waals surface area contributed by atoms with Crippen LogP contribution in [-0.4, -0.2) is 11.9 Å². The van der Waals surface area contributed by atoms with Gasteiger partial charge >= 0.3 is 0 Å². The Hall–Kier alpha value is -1.39. The first-order valence-corrected chi connectivity index (χ1v) is 10.8.